The normalized spacial score (nSPS) is 20.9. The van der Waals surface area contributed by atoms with E-state index in [-0.39, 0.29) is 37.0 Å². The van der Waals surface area contributed by atoms with Gasteiger partial charge in [-0.1, -0.05) is 17.7 Å². The number of hydrazone groups is 1. The van der Waals surface area contributed by atoms with E-state index in [1.807, 2.05) is 12.2 Å². The summed E-state index contributed by atoms with van der Waals surface area (Å²) in [5.41, 5.74) is 3.93. The van der Waals surface area contributed by atoms with Gasteiger partial charge in [0.1, 0.15) is 0 Å². The van der Waals surface area contributed by atoms with Crippen LogP contribution in [0.25, 0.3) is 0 Å². The Labute approximate surface area is 155 Å². The van der Waals surface area contributed by atoms with Crippen molar-refractivity contribution < 1.29 is 24.0 Å². The lowest BCUT2D eigenvalue weighted by molar-refractivity contribution is -0.147. The number of nitrogens with one attached hydrogen (secondary N) is 1. The summed E-state index contributed by atoms with van der Waals surface area (Å²) in [7, 11) is 0. The van der Waals surface area contributed by atoms with Crippen molar-refractivity contribution in [1.29, 1.82) is 0 Å². The number of hydrazine groups is 1. The van der Waals surface area contributed by atoms with Crippen molar-refractivity contribution in [2.45, 2.75) is 38.5 Å². The second-order valence-electron chi connectivity index (χ2n) is 6.24. The lowest BCUT2D eigenvalue weighted by atomic mass is 10.0. The molecular formula is C18H18N4O5. The van der Waals surface area contributed by atoms with E-state index in [4.69, 9.17) is 0 Å². The molecule has 1 aliphatic carbocycles. The molecule has 27 heavy (non-hydrogen) atoms. The zero-order valence-electron chi connectivity index (χ0n) is 14.5. The Kier molecular flexibility index (Phi) is 5.39. The van der Waals surface area contributed by atoms with Gasteiger partial charge in [0.2, 0.25) is 17.7 Å². The van der Waals surface area contributed by atoms with Crippen molar-refractivity contribution in [2.75, 3.05) is 0 Å². The first-order chi connectivity index (χ1) is 12.9. The van der Waals surface area contributed by atoms with Crippen molar-refractivity contribution in [3.63, 3.8) is 0 Å². The molecule has 1 fully saturated rings. The molecule has 0 unspecified atom stereocenters. The SMILES string of the molecule is O=C(CCCC1=CCC(=NN2C(=O)C=CC2=O)C=C1)NN1C(=O)CCC1=O. The molecule has 0 aromatic carbocycles. The monoisotopic (exact) mass is 370 g/mol. The van der Waals surface area contributed by atoms with Gasteiger partial charge in [0.15, 0.2) is 0 Å². The van der Waals surface area contributed by atoms with E-state index in [0.717, 1.165) is 15.6 Å². The molecule has 0 spiro atoms. The highest BCUT2D eigenvalue weighted by Crippen LogP contribution is 2.17. The molecule has 2 aliphatic heterocycles. The van der Waals surface area contributed by atoms with Crippen LogP contribution in [0.1, 0.15) is 38.5 Å². The number of nitrogens with zero attached hydrogens (tertiary/aromatic N) is 3. The van der Waals surface area contributed by atoms with Crippen molar-refractivity contribution in [3.8, 4) is 0 Å². The second-order valence-corrected chi connectivity index (χ2v) is 6.24. The molecule has 3 aliphatic rings. The van der Waals surface area contributed by atoms with Crippen LogP contribution >= 0.6 is 0 Å². The largest absolute Gasteiger partial charge is 0.274 e. The van der Waals surface area contributed by atoms with Crippen LogP contribution < -0.4 is 5.43 Å². The number of hydrogen-bond donors (Lipinski definition) is 1. The van der Waals surface area contributed by atoms with Crippen LogP contribution in [0, 0.1) is 0 Å². The van der Waals surface area contributed by atoms with E-state index in [0.29, 0.717) is 25.0 Å². The minimum absolute atomic E-state index is 0.130. The van der Waals surface area contributed by atoms with Crippen molar-refractivity contribution >= 4 is 35.2 Å². The number of carbonyl (C=O) groups is 5. The van der Waals surface area contributed by atoms with Gasteiger partial charge in [0, 0.05) is 37.8 Å². The van der Waals surface area contributed by atoms with Crippen molar-refractivity contribution in [2.24, 2.45) is 5.10 Å². The molecule has 140 valence electrons. The maximum atomic E-state index is 11.8. The first kappa shape index (κ1) is 18.4. The van der Waals surface area contributed by atoms with E-state index in [1.165, 1.54) is 12.2 Å². The highest BCUT2D eigenvalue weighted by Gasteiger charge is 2.30. The maximum Gasteiger partial charge on any atom is 0.274 e. The third-order valence-corrected chi connectivity index (χ3v) is 4.23. The summed E-state index contributed by atoms with van der Waals surface area (Å²) in [4.78, 5) is 57.7. The van der Waals surface area contributed by atoms with Crippen LogP contribution in [0.5, 0.6) is 0 Å². The van der Waals surface area contributed by atoms with Gasteiger partial charge in [-0.05, 0) is 18.9 Å². The number of hydrogen-bond acceptors (Lipinski definition) is 6. The molecular weight excluding hydrogens is 352 g/mol. The van der Waals surface area contributed by atoms with Crippen LogP contribution in [0.2, 0.25) is 0 Å². The summed E-state index contributed by atoms with van der Waals surface area (Å²) in [6, 6.07) is 0. The Bertz CT molecular complexity index is 803. The van der Waals surface area contributed by atoms with E-state index in [2.05, 4.69) is 10.5 Å². The Hall–Kier alpha value is -3.36. The number of rotatable bonds is 6. The third-order valence-electron chi connectivity index (χ3n) is 4.23. The molecule has 0 bridgehead atoms. The summed E-state index contributed by atoms with van der Waals surface area (Å²) >= 11 is 0. The topological polar surface area (TPSA) is 116 Å². The molecule has 1 N–H and O–H groups in total. The van der Waals surface area contributed by atoms with Gasteiger partial charge in [0.25, 0.3) is 11.8 Å². The zero-order valence-corrected chi connectivity index (χ0v) is 14.5. The van der Waals surface area contributed by atoms with Gasteiger partial charge >= 0.3 is 0 Å². The van der Waals surface area contributed by atoms with Gasteiger partial charge in [0.05, 0.1) is 5.71 Å². The Morgan fingerprint density at radius 1 is 1.00 bits per heavy atom. The molecule has 0 aromatic heterocycles. The number of allylic oxidation sites excluding steroid dienone is 4. The average molecular weight is 370 g/mol. The second kappa shape index (κ2) is 7.90. The summed E-state index contributed by atoms with van der Waals surface area (Å²) in [6.07, 6.45) is 9.95. The molecule has 3 rings (SSSR count). The molecule has 2 heterocycles. The van der Waals surface area contributed by atoms with Crippen LogP contribution in [-0.4, -0.2) is 45.3 Å². The van der Waals surface area contributed by atoms with Gasteiger partial charge in [-0.2, -0.15) is 15.1 Å². The molecule has 0 saturated carbocycles. The molecule has 0 aromatic rings. The first-order valence-corrected chi connectivity index (χ1v) is 8.60. The molecule has 0 radical (unpaired) electrons. The van der Waals surface area contributed by atoms with E-state index in [1.54, 1.807) is 6.08 Å². The maximum absolute atomic E-state index is 11.8. The quantitative estimate of drug-likeness (QED) is 0.684. The van der Waals surface area contributed by atoms with Crippen LogP contribution in [-0.2, 0) is 24.0 Å². The Morgan fingerprint density at radius 3 is 2.26 bits per heavy atom. The average Bonchev–Trinajstić information content (AvgIpc) is 3.13. The van der Waals surface area contributed by atoms with Crippen LogP contribution in [0.3, 0.4) is 0 Å². The predicted octanol–water partition coefficient (Wildman–Crippen LogP) is 0.504. The summed E-state index contributed by atoms with van der Waals surface area (Å²) in [5, 5.41) is 5.65. The number of imide groups is 2. The Morgan fingerprint density at radius 2 is 1.67 bits per heavy atom. The van der Waals surface area contributed by atoms with Crippen molar-refractivity contribution in [1.82, 2.24) is 15.4 Å². The number of amides is 5. The van der Waals surface area contributed by atoms with Gasteiger partial charge in [-0.15, -0.1) is 0 Å². The first-order valence-electron chi connectivity index (χ1n) is 8.60. The lowest BCUT2D eigenvalue weighted by Crippen LogP contribution is -2.45. The molecule has 9 heteroatoms. The van der Waals surface area contributed by atoms with E-state index >= 15 is 0 Å². The summed E-state index contributed by atoms with van der Waals surface area (Å²) in [6.45, 7) is 0. The number of carbonyl (C=O) groups excluding carboxylic acids is 5. The minimum Gasteiger partial charge on any atom is -0.273 e. The van der Waals surface area contributed by atoms with E-state index in [9.17, 15) is 24.0 Å². The molecule has 5 amide bonds. The molecule has 0 atom stereocenters. The predicted molar refractivity (Wildman–Crippen MR) is 93.3 cm³/mol. The highest BCUT2D eigenvalue weighted by atomic mass is 16.2. The standard InChI is InChI=1S/C18H18N4O5/c23-14(20-22-17(26)10-11-18(22)27)3-1-2-12-4-6-13(7-5-12)19-21-15(24)8-9-16(21)25/h4-6,8-9H,1-3,7,10-11H2,(H,20,23). The Balaban J connectivity index is 1.42. The van der Waals surface area contributed by atoms with Crippen LogP contribution in [0.4, 0.5) is 0 Å². The third kappa shape index (κ3) is 4.43. The zero-order chi connectivity index (χ0) is 19.4. The summed E-state index contributed by atoms with van der Waals surface area (Å²) in [5.74, 6) is -2.07. The molecule has 9 nitrogen and oxygen atoms in total. The fourth-order valence-electron chi connectivity index (χ4n) is 2.79. The fourth-order valence-corrected chi connectivity index (χ4v) is 2.79. The minimum atomic E-state index is -0.461. The van der Waals surface area contributed by atoms with Gasteiger partial charge in [-0.25, -0.2) is 0 Å². The van der Waals surface area contributed by atoms with Gasteiger partial charge in [-0.3, -0.25) is 29.4 Å². The fraction of sp³-hybridized carbons (Fsp3) is 0.333. The highest BCUT2D eigenvalue weighted by molar-refractivity contribution is 6.13. The van der Waals surface area contributed by atoms with Gasteiger partial charge < -0.3 is 0 Å². The lowest BCUT2D eigenvalue weighted by Gasteiger charge is -2.15. The molecule has 1 saturated heterocycles. The summed E-state index contributed by atoms with van der Waals surface area (Å²) < 4.78 is 0. The van der Waals surface area contributed by atoms with Crippen molar-refractivity contribution in [3.05, 3.63) is 36.0 Å². The van der Waals surface area contributed by atoms with E-state index < -0.39 is 11.8 Å². The van der Waals surface area contributed by atoms with Crippen LogP contribution in [0.15, 0.2) is 41.1 Å². The smallest absolute Gasteiger partial charge is 0.273 e.